The summed E-state index contributed by atoms with van der Waals surface area (Å²) in [6.45, 7) is 0. The summed E-state index contributed by atoms with van der Waals surface area (Å²) >= 11 is 3.90. The molecular weight excluding hydrogens is 185 g/mol. The summed E-state index contributed by atoms with van der Waals surface area (Å²) in [5, 5.41) is -2.96. The van der Waals surface area contributed by atoms with Gasteiger partial charge in [-0.2, -0.15) is 26.3 Å². The fraction of sp³-hybridized carbons (Fsp3) is 0.667. The molecule has 0 aliphatic heterocycles. The third kappa shape index (κ3) is 2.64. The molecule has 0 amide bonds. The average molecular weight is 185 g/mol. The number of halogens is 7. The highest BCUT2D eigenvalue weighted by molar-refractivity contribution is 6.28. The summed E-state index contributed by atoms with van der Waals surface area (Å²) < 4.78 is 66.3. The molecule has 0 spiro atoms. The van der Waals surface area contributed by atoms with E-state index in [0.29, 0.717) is 0 Å². The molecule has 0 saturated carbocycles. The van der Waals surface area contributed by atoms with Crippen LogP contribution < -0.4 is 0 Å². The summed E-state index contributed by atoms with van der Waals surface area (Å²) in [4.78, 5) is 0. The fourth-order valence-corrected chi connectivity index (χ4v) is 0.161. The molecule has 0 aromatic rings. The first-order valence-electron chi connectivity index (χ1n) is 1.82. The maximum Gasteiger partial charge on any atom is 0.419 e. The molecule has 0 bridgehead atoms. The van der Waals surface area contributed by atoms with Gasteiger partial charge in [-0.3, -0.25) is 0 Å². The predicted octanol–water partition coefficient (Wildman–Crippen LogP) is 2.88. The van der Waals surface area contributed by atoms with Crippen LogP contribution in [0.5, 0.6) is 0 Å². The third-order valence-electron chi connectivity index (χ3n) is 0.498. The van der Waals surface area contributed by atoms with E-state index in [-0.39, 0.29) is 0 Å². The normalized spacial score (nSPS) is 14.4. The van der Waals surface area contributed by atoms with Crippen molar-refractivity contribution in [3.8, 4) is 0 Å². The second-order valence-electron chi connectivity index (χ2n) is 1.31. The highest BCUT2D eigenvalue weighted by Crippen LogP contribution is 2.43. The van der Waals surface area contributed by atoms with Gasteiger partial charge < -0.3 is 0 Å². The Morgan fingerprint density at radius 1 is 0.800 bits per heavy atom. The van der Waals surface area contributed by atoms with Gasteiger partial charge in [0.05, 0.1) is 0 Å². The van der Waals surface area contributed by atoms with Gasteiger partial charge in [0, 0.05) is 0 Å². The van der Waals surface area contributed by atoms with Crippen LogP contribution in [0.15, 0.2) is 0 Å². The lowest BCUT2D eigenvalue weighted by Gasteiger charge is -2.14. The first-order chi connectivity index (χ1) is 4.15. The number of hydrogen-bond donors (Lipinski definition) is 0. The van der Waals surface area contributed by atoms with Crippen LogP contribution in [0.3, 0.4) is 0 Å². The van der Waals surface area contributed by atoms with Crippen LogP contribution in [0.2, 0.25) is 0 Å². The van der Waals surface area contributed by atoms with Crippen LogP contribution in [-0.2, 0) is 0 Å². The maximum absolute atomic E-state index is 11.1. The molecule has 0 rings (SSSR count). The van der Waals surface area contributed by atoms with Gasteiger partial charge in [-0.05, 0) is 0 Å². The Hall–Kier alpha value is -0.130. The number of alkyl halides is 6. The molecule has 10 heavy (non-hydrogen) atoms. The molecule has 0 nitrogen and oxygen atoms in total. The van der Waals surface area contributed by atoms with Gasteiger partial charge >= 0.3 is 12.4 Å². The Morgan fingerprint density at radius 3 is 1.00 bits per heavy atom. The van der Waals surface area contributed by atoms with Crippen LogP contribution in [0, 0.1) is 5.38 Å². The van der Waals surface area contributed by atoms with Crippen molar-refractivity contribution in [2.24, 2.45) is 0 Å². The van der Waals surface area contributed by atoms with Crippen LogP contribution >= 0.6 is 11.6 Å². The zero-order valence-corrected chi connectivity index (χ0v) is 4.90. The lowest BCUT2D eigenvalue weighted by Crippen LogP contribution is -2.29. The Morgan fingerprint density at radius 2 is 1.00 bits per heavy atom. The fourth-order valence-electron chi connectivity index (χ4n) is 0.161. The van der Waals surface area contributed by atoms with Crippen LogP contribution in [-0.4, -0.2) is 12.4 Å². The van der Waals surface area contributed by atoms with Gasteiger partial charge in [-0.1, -0.05) is 11.6 Å². The molecule has 7 heteroatoms. The molecule has 0 N–H and O–H groups in total. The SMILES string of the molecule is FC(F)(F)[C](Cl)C(F)(F)F. The van der Waals surface area contributed by atoms with Gasteiger partial charge in [-0.15, -0.1) is 0 Å². The maximum atomic E-state index is 11.1. The molecule has 0 atom stereocenters. The molecule has 0 aliphatic rings. The Balaban J connectivity index is 4.23. The quantitative estimate of drug-likeness (QED) is 0.509. The minimum Gasteiger partial charge on any atom is -0.169 e. The third-order valence-corrected chi connectivity index (χ3v) is 0.926. The van der Waals surface area contributed by atoms with Gasteiger partial charge in [0.1, 0.15) is 0 Å². The number of rotatable bonds is 0. The lowest BCUT2D eigenvalue weighted by molar-refractivity contribution is -0.188. The van der Waals surface area contributed by atoms with Crippen molar-refractivity contribution in [3.63, 3.8) is 0 Å². The summed E-state index contributed by atoms with van der Waals surface area (Å²) in [6.07, 6.45) is -11.0. The van der Waals surface area contributed by atoms with E-state index in [1.54, 1.807) is 0 Å². The molecule has 0 aromatic heterocycles. The average Bonchev–Trinajstić information content (AvgIpc) is 1.59. The molecule has 0 saturated heterocycles. The van der Waals surface area contributed by atoms with E-state index >= 15 is 0 Å². The van der Waals surface area contributed by atoms with E-state index in [4.69, 9.17) is 0 Å². The Labute approximate surface area is 56.8 Å². The molecular formula is C3ClF6. The van der Waals surface area contributed by atoms with Crippen molar-refractivity contribution < 1.29 is 26.3 Å². The zero-order chi connectivity index (χ0) is 8.58. The summed E-state index contributed by atoms with van der Waals surface area (Å²) in [5.41, 5.74) is 0. The van der Waals surface area contributed by atoms with E-state index < -0.39 is 17.7 Å². The van der Waals surface area contributed by atoms with E-state index in [2.05, 4.69) is 11.6 Å². The first kappa shape index (κ1) is 9.87. The van der Waals surface area contributed by atoms with Crippen molar-refractivity contribution >= 4 is 11.6 Å². The minimum absolute atomic E-state index is 2.96. The first-order valence-corrected chi connectivity index (χ1v) is 2.20. The van der Waals surface area contributed by atoms with Crippen LogP contribution in [0.25, 0.3) is 0 Å². The van der Waals surface area contributed by atoms with Gasteiger partial charge in [0.25, 0.3) is 5.38 Å². The standard InChI is InChI=1S/C3ClF6/c4-1(2(5,6)7)3(8,9)10. The molecule has 0 fully saturated rings. The summed E-state index contributed by atoms with van der Waals surface area (Å²) in [6, 6.07) is 0. The van der Waals surface area contributed by atoms with Crippen molar-refractivity contribution in [3.05, 3.63) is 5.38 Å². The van der Waals surface area contributed by atoms with Crippen molar-refractivity contribution in [2.75, 3.05) is 0 Å². The van der Waals surface area contributed by atoms with Crippen molar-refractivity contribution in [1.82, 2.24) is 0 Å². The predicted molar refractivity (Wildman–Crippen MR) is 21.2 cm³/mol. The van der Waals surface area contributed by atoms with E-state index in [1.807, 2.05) is 0 Å². The topological polar surface area (TPSA) is 0 Å². The van der Waals surface area contributed by atoms with Gasteiger partial charge in [0.15, 0.2) is 0 Å². The van der Waals surface area contributed by atoms with Gasteiger partial charge in [0.2, 0.25) is 0 Å². The molecule has 0 aliphatic carbocycles. The highest BCUT2D eigenvalue weighted by atomic mass is 35.5. The summed E-state index contributed by atoms with van der Waals surface area (Å²) in [7, 11) is 0. The monoisotopic (exact) mass is 185 g/mol. The summed E-state index contributed by atoms with van der Waals surface area (Å²) in [5.74, 6) is 0. The molecule has 1 radical (unpaired) electrons. The van der Waals surface area contributed by atoms with E-state index in [0.717, 1.165) is 0 Å². The highest BCUT2D eigenvalue weighted by Gasteiger charge is 2.57. The molecule has 61 valence electrons. The second-order valence-corrected chi connectivity index (χ2v) is 1.69. The molecule has 0 unspecified atom stereocenters. The smallest absolute Gasteiger partial charge is 0.169 e. The van der Waals surface area contributed by atoms with Crippen LogP contribution in [0.4, 0.5) is 26.3 Å². The van der Waals surface area contributed by atoms with Crippen molar-refractivity contribution in [1.29, 1.82) is 0 Å². The Bertz CT molecular complexity index is 97.1. The minimum atomic E-state index is -5.50. The van der Waals surface area contributed by atoms with E-state index in [9.17, 15) is 26.3 Å². The van der Waals surface area contributed by atoms with E-state index in [1.165, 1.54) is 0 Å². The molecule has 0 heterocycles. The lowest BCUT2D eigenvalue weighted by atomic mass is 10.4. The van der Waals surface area contributed by atoms with Crippen molar-refractivity contribution in [2.45, 2.75) is 12.4 Å². The Kier molecular flexibility index (Phi) is 2.45. The van der Waals surface area contributed by atoms with Crippen LogP contribution in [0.1, 0.15) is 0 Å². The van der Waals surface area contributed by atoms with Gasteiger partial charge in [-0.25, -0.2) is 0 Å². The number of hydrogen-bond acceptors (Lipinski definition) is 0. The molecule has 0 aromatic carbocycles. The zero-order valence-electron chi connectivity index (χ0n) is 4.15. The second kappa shape index (κ2) is 2.48. The largest absolute Gasteiger partial charge is 0.419 e.